The molecule has 0 atom stereocenters. The number of aryl methyl sites for hydroxylation is 2. The van der Waals surface area contributed by atoms with Crippen LogP contribution in [0.2, 0.25) is 0 Å². The third kappa shape index (κ3) is 3.21. The van der Waals surface area contributed by atoms with Crippen LogP contribution in [-0.2, 0) is 20.6 Å². The van der Waals surface area contributed by atoms with Crippen molar-refractivity contribution in [1.29, 1.82) is 0 Å². The maximum absolute atomic E-state index is 12.2. The molecular weight excluding hydrogens is 324 g/mol. The summed E-state index contributed by atoms with van der Waals surface area (Å²) < 4.78 is 4.19. The molecule has 0 saturated heterocycles. The van der Waals surface area contributed by atoms with Crippen LogP contribution in [0.1, 0.15) is 16.9 Å². The lowest BCUT2D eigenvalue weighted by Crippen LogP contribution is -2.37. The van der Waals surface area contributed by atoms with E-state index in [-0.39, 0.29) is 17.2 Å². The summed E-state index contributed by atoms with van der Waals surface area (Å²) >= 11 is 0. The molecule has 0 aliphatic heterocycles. The smallest absolute Gasteiger partial charge is 0.332 e. The summed E-state index contributed by atoms with van der Waals surface area (Å²) in [5.74, 6) is -0.347. The van der Waals surface area contributed by atoms with Crippen LogP contribution in [0.25, 0.3) is 11.0 Å². The molecule has 0 spiro atoms. The minimum absolute atomic E-state index is 0.165. The summed E-state index contributed by atoms with van der Waals surface area (Å²) in [5.41, 5.74) is -0.557. The third-order valence-corrected chi connectivity index (χ3v) is 3.97. The first kappa shape index (κ1) is 16.6. The van der Waals surface area contributed by atoms with Crippen molar-refractivity contribution < 1.29 is 4.79 Å². The largest absolute Gasteiger partial charge is 0.351 e. The predicted octanol–water partition coefficient (Wildman–Crippen LogP) is -0.351. The molecule has 25 heavy (non-hydrogen) atoms. The summed E-state index contributed by atoms with van der Waals surface area (Å²) in [4.78, 5) is 44.5. The number of nitrogens with zero attached hydrogens (tertiary/aromatic N) is 5. The maximum Gasteiger partial charge on any atom is 0.332 e. The van der Waals surface area contributed by atoms with Crippen LogP contribution in [0.5, 0.6) is 0 Å². The van der Waals surface area contributed by atoms with E-state index >= 15 is 0 Å². The van der Waals surface area contributed by atoms with E-state index in [0.29, 0.717) is 11.9 Å². The molecular formula is C16H18N6O3. The Morgan fingerprint density at radius 2 is 2.00 bits per heavy atom. The number of carbonyl (C=O) groups excluding carboxylic acids is 1. The molecule has 0 aliphatic carbocycles. The number of amides is 1. The summed E-state index contributed by atoms with van der Waals surface area (Å²) in [6.45, 7) is 1.22. The molecule has 3 heterocycles. The number of carbonyl (C=O) groups is 1. The van der Waals surface area contributed by atoms with Gasteiger partial charge >= 0.3 is 5.69 Å². The maximum atomic E-state index is 12.2. The van der Waals surface area contributed by atoms with Crippen LogP contribution in [0, 0.1) is 0 Å². The highest BCUT2D eigenvalue weighted by atomic mass is 16.2. The zero-order valence-corrected chi connectivity index (χ0v) is 14.0. The Morgan fingerprint density at radius 3 is 2.72 bits per heavy atom. The van der Waals surface area contributed by atoms with Crippen molar-refractivity contribution in [2.24, 2.45) is 14.1 Å². The van der Waals surface area contributed by atoms with Gasteiger partial charge in [-0.3, -0.25) is 18.7 Å². The van der Waals surface area contributed by atoms with Crippen LogP contribution in [0.3, 0.4) is 0 Å². The molecule has 9 nitrogen and oxygen atoms in total. The van der Waals surface area contributed by atoms with Gasteiger partial charge in [0.15, 0.2) is 0 Å². The molecule has 9 heteroatoms. The molecule has 0 saturated carbocycles. The lowest BCUT2D eigenvalue weighted by atomic mass is 10.2. The van der Waals surface area contributed by atoms with Crippen molar-refractivity contribution in [1.82, 2.24) is 29.0 Å². The van der Waals surface area contributed by atoms with E-state index in [4.69, 9.17) is 0 Å². The Balaban J connectivity index is 1.76. The zero-order valence-electron chi connectivity index (χ0n) is 14.0. The van der Waals surface area contributed by atoms with Gasteiger partial charge in [0.2, 0.25) is 0 Å². The Labute approximate surface area is 142 Å². The first-order chi connectivity index (χ1) is 12.0. The van der Waals surface area contributed by atoms with E-state index in [9.17, 15) is 14.4 Å². The molecule has 3 aromatic rings. The van der Waals surface area contributed by atoms with Crippen molar-refractivity contribution in [3.05, 3.63) is 57.4 Å². The van der Waals surface area contributed by atoms with Crippen molar-refractivity contribution in [3.63, 3.8) is 0 Å². The van der Waals surface area contributed by atoms with Gasteiger partial charge in [0, 0.05) is 39.6 Å². The summed E-state index contributed by atoms with van der Waals surface area (Å²) in [6, 6.07) is 3.00. The standard InChI is InChI=1S/C16H18N6O3/c1-20-13-11(15(24)21(2)16(20)25)4-5-12(19-13)14(23)18-6-3-8-22-9-7-17-10-22/h4-5,7,9-10H,3,6,8H2,1-2H3,(H,18,23). The number of aromatic nitrogens is 5. The van der Waals surface area contributed by atoms with Gasteiger partial charge in [-0.25, -0.2) is 14.8 Å². The average molecular weight is 342 g/mol. The van der Waals surface area contributed by atoms with Gasteiger partial charge in [-0.05, 0) is 18.6 Å². The molecule has 0 radical (unpaired) electrons. The van der Waals surface area contributed by atoms with Gasteiger partial charge in [-0.1, -0.05) is 0 Å². The fraction of sp³-hybridized carbons (Fsp3) is 0.312. The second-order valence-electron chi connectivity index (χ2n) is 5.68. The van der Waals surface area contributed by atoms with Crippen LogP contribution in [-0.4, -0.2) is 36.1 Å². The third-order valence-electron chi connectivity index (χ3n) is 3.97. The van der Waals surface area contributed by atoms with Gasteiger partial charge in [-0.15, -0.1) is 0 Å². The van der Waals surface area contributed by atoms with Crippen LogP contribution < -0.4 is 16.6 Å². The van der Waals surface area contributed by atoms with Gasteiger partial charge in [0.05, 0.1) is 11.7 Å². The minimum atomic E-state index is -0.483. The van der Waals surface area contributed by atoms with Crippen LogP contribution in [0.15, 0.2) is 40.4 Å². The van der Waals surface area contributed by atoms with Crippen LogP contribution >= 0.6 is 0 Å². The van der Waals surface area contributed by atoms with E-state index in [1.54, 1.807) is 12.5 Å². The predicted molar refractivity (Wildman–Crippen MR) is 91.4 cm³/mol. The fourth-order valence-corrected chi connectivity index (χ4v) is 2.55. The number of fused-ring (bicyclic) bond motifs is 1. The second kappa shape index (κ2) is 6.71. The van der Waals surface area contributed by atoms with Gasteiger partial charge in [0.1, 0.15) is 11.3 Å². The molecule has 0 unspecified atom stereocenters. The Morgan fingerprint density at radius 1 is 1.20 bits per heavy atom. The first-order valence-electron chi connectivity index (χ1n) is 7.80. The molecule has 0 fully saturated rings. The SMILES string of the molecule is Cn1c(=O)c2ccc(C(=O)NCCCn3ccnc3)nc2n(C)c1=O. The lowest BCUT2D eigenvalue weighted by molar-refractivity contribution is 0.0948. The molecule has 0 bridgehead atoms. The highest BCUT2D eigenvalue weighted by Gasteiger charge is 2.13. The monoisotopic (exact) mass is 342 g/mol. The summed E-state index contributed by atoms with van der Waals surface area (Å²) in [7, 11) is 2.93. The minimum Gasteiger partial charge on any atom is -0.351 e. The van der Waals surface area contributed by atoms with E-state index < -0.39 is 11.2 Å². The number of pyridine rings is 1. The van der Waals surface area contributed by atoms with E-state index in [1.807, 2.05) is 10.8 Å². The quantitative estimate of drug-likeness (QED) is 0.638. The van der Waals surface area contributed by atoms with Gasteiger partial charge in [0.25, 0.3) is 11.5 Å². The molecule has 0 aromatic carbocycles. The van der Waals surface area contributed by atoms with Crippen molar-refractivity contribution in [2.45, 2.75) is 13.0 Å². The zero-order chi connectivity index (χ0) is 18.0. The summed E-state index contributed by atoms with van der Waals surface area (Å²) in [5, 5.41) is 3.07. The van der Waals surface area contributed by atoms with E-state index in [2.05, 4.69) is 15.3 Å². The Hall–Kier alpha value is -3.23. The van der Waals surface area contributed by atoms with E-state index in [1.165, 1.54) is 30.8 Å². The highest BCUT2D eigenvalue weighted by Crippen LogP contribution is 2.06. The Kier molecular flexibility index (Phi) is 4.46. The Bertz CT molecular complexity index is 1030. The van der Waals surface area contributed by atoms with E-state index in [0.717, 1.165) is 17.5 Å². The lowest BCUT2D eigenvalue weighted by Gasteiger charge is -2.09. The van der Waals surface area contributed by atoms with Crippen molar-refractivity contribution >= 4 is 16.9 Å². The normalized spacial score (nSPS) is 11.0. The molecule has 1 N–H and O–H groups in total. The fourth-order valence-electron chi connectivity index (χ4n) is 2.55. The molecule has 130 valence electrons. The van der Waals surface area contributed by atoms with Gasteiger partial charge < -0.3 is 9.88 Å². The van der Waals surface area contributed by atoms with Crippen molar-refractivity contribution in [3.8, 4) is 0 Å². The molecule has 3 rings (SSSR count). The summed E-state index contributed by atoms with van der Waals surface area (Å²) in [6.07, 6.45) is 6.02. The highest BCUT2D eigenvalue weighted by molar-refractivity contribution is 5.94. The number of nitrogens with one attached hydrogen (secondary N) is 1. The number of hydrogen-bond donors (Lipinski definition) is 1. The molecule has 0 aliphatic rings. The van der Waals surface area contributed by atoms with Gasteiger partial charge in [-0.2, -0.15) is 0 Å². The number of hydrogen-bond acceptors (Lipinski definition) is 5. The number of rotatable bonds is 5. The first-order valence-corrected chi connectivity index (χ1v) is 7.80. The topological polar surface area (TPSA) is 104 Å². The molecule has 3 aromatic heterocycles. The molecule has 1 amide bonds. The second-order valence-corrected chi connectivity index (χ2v) is 5.68. The number of imidazole rings is 1. The average Bonchev–Trinajstić information content (AvgIpc) is 3.14. The van der Waals surface area contributed by atoms with Crippen molar-refractivity contribution in [2.75, 3.05) is 6.54 Å². The van der Waals surface area contributed by atoms with Crippen LogP contribution in [0.4, 0.5) is 0 Å².